The zero-order valence-electron chi connectivity index (χ0n) is 20.7. The van der Waals surface area contributed by atoms with Gasteiger partial charge in [-0.1, -0.05) is 72.8 Å². The molecule has 38 heavy (non-hydrogen) atoms. The van der Waals surface area contributed by atoms with Gasteiger partial charge in [0.15, 0.2) is 0 Å². The van der Waals surface area contributed by atoms with Crippen molar-refractivity contribution < 1.29 is 14.3 Å². The van der Waals surface area contributed by atoms with Crippen LogP contribution >= 0.6 is 11.3 Å². The molecule has 0 saturated heterocycles. The zero-order chi connectivity index (χ0) is 26.1. The van der Waals surface area contributed by atoms with Crippen LogP contribution in [0.25, 0.3) is 21.2 Å². The van der Waals surface area contributed by atoms with Gasteiger partial charge in [-0.2, -0.15) is 0 Å². The van der Waals surface area contributed by atoms with Gasteiger partial charge in [0.05, 0.1) is 17.7 Å². The SMILES string of the molecule is O=C(NC1c2cc(CNCc3cc4ccccc4s3)ccc2CC1O)c1ccc(-c2ccccc2)cc1F. The van der Waals surface area contributed by atoms with Crippen LogP contribution in [0.5, 0.6) is 0 Å². The molecule has 1 amide bonds. The maximum Gasteiger partial charge on any atom is 0.254 e. The summed E-state index contributed by atoms with van der Waals surface area (Å²) < 4.78 is 16.2. The number of nitrogens with one attached hydrogen (secondary N) is 2. The van der Waals surface area contributed by atoms with Gasteiger partial charge in [0.25, 0.3) is 5.91 Å². The summed E-state index contributed by atoms with van der Waals surface area (Å²) in [4.78, 5) is 14.3. The van der Waals surface area contributed by atoms with E-state index in [1.807, 2.05) is 42.5 Å². The second kappa shape index (κ2) is 10.5. The van der Waals surface area contributed by atoms with Crippen LogP contribution in [0.3, 0.4) is 0 Å². The lowest BCUT2D eigenvalue weighted by molar-refractivity contribution is 0.0854. The number of aliphatic hydroxyl groups excluding tert-OH is 1. The predicted molar refractivity (Wildman–Crippen MR) is 151 cm³/mol. The third-order valence-corrected chi connectivity index (χ3v) is 8.19. The Hall–Kier alpha value is -3.84. The number of hydrogen-bond acceptors (Lipinski definition) is 4. The Bertz CT molecular complexity index is 1580. The van der Waals surface area contributed by atoms with Gasteiger partial charge in [0.1, 0.15) is 5.82 Å². The molecule has 4 aromatic carbocycles. The van der Waals surface area contributed by atoms with Crippen molar-refractivity contribution in [3.8, 4) is 11.1 Å². The number of benzene rings is 4. The van der Waals surface area contributed by atoms with Crippen molar-refractivity contribution in [2.75, 3.05) is 0 Å². The van der Waals surface area contributed by atoms with Gasteiger partial charge in [0.2, 0.25) is 0 Å². The number of aliphatic hydroxyl groups is 1. The molecule has 4 nitrogen and oxygen atoms in total. The average Bonchev–Trinajstić information content (AvgIpc) is 3.49. The average molecular weight is 523 g/mol. The van der Waals surface area contributed by atoms with Crippen molar-refractivity contribution in [2.45, 2.75) is 31.7 Å². The highest BCUT2D eigenvalue weighted by atomic mass is 32.1. The van der Waals surface area contributed by atoms with Gasteiger partial charge < -0.3 is 15.7 Å². The van der Waals surface area contributed by atoms with Gasteiger partial charge in [-0.25, -0.2) is 4.39 Å². The first-order chi connectivity index (χ1) is 18.5. The van der Waals surface area contributed by atoms with E-state index in [2.05, 4.69) is 47.0 Å². The Morgan fingerprint density at radius 2 is 1.71 bits per heavy atom. The molecule has 3 N–H and O–H groups in total. The van der Waals surface area contributed by atoms with Gasteiger partial charge >= 0.3 is 0 Å². The Kier molecular flexibility index (Phi) is 6.77. The molecule has 0 bridgehead atoms. The Balaban J connectivity index is 1.14. The summed E-state index contributed by atoms with van der Waals surface area (Å²) in [5.74, 6) is -1.12. The fraction of sp³-hybridized carbons (Fsp3) is 0.156. The number of rotatable bonds is 7. The standard InChI is InChI=1S/C32H27FN2O2S/c33-28-16-22(21-6-2-1-3-7-21)12-13-26(28)32(37)35-31-27-14-20(10-11-23(27)17-29(31)36)18-34-19-25-15-24-8-4-5-9-30(24)38-25/h1-16,29,31,34,36H,17-19H2,(H,35,37). The van der Waals surface area contributed by atoms with Gasteiger partial charge in [-0.3, -0.25) is 4.79 Å². The number of amides is 1. The summed E-state index contributed by atoms with van der Waals surface area (Å²) in [5, 5.41) is 18.4. The van der Waals surface area contributed by atoms with E-state index in [0.29, 0.717) is 18.5 Å². The number of hydrogen-bond donors (Lipinski definition) is 3. The summed E-state index contributed by atoms with van der Waals surface area (Å²) in [5.41, 5.74) is 4.50. The minimum Gasteiger partial charge on any atom is -0.390 e. The van der Waals surface area contributed by atoms with Gasteiger partial charge in [-0.15, -0.1) is 11.3 Å². The quantitative estimate of drug-likeness (QED) is 0.232. The van der Waals surface area contributed by atoms with Crippen molar-refractivity contribution in [3.05, 3.63) is 130 Å². The van der Waals surface area contributed by atoms with E-state index in [0.717, 1.165) is 28.8 Å². The molecule has 0 saturated carbocycles. The van der Waals surface area contributed by atoms with E-state index in [1.165, 1.54) is 27.1 Å². The van der Waals surface area contributed by atoms with Crippen LogP contribution in [-0.2, 0) is 19.5 Å². The van der Waals surface area contributed by atoms with Gasteiger partial charge in [0, 0.05) is 29.1 Å². The summed E-state index contributed by atoms with van der Waals surface area (Å²) in [6.07, 6.45) is -0.312. The third-order valence-electron chi connectivity index (χ3n) is 7.07. The smallest absolute Gasteiger partial charge is 0.254 e. The lowest BCUT2D eigenvalue weighted by Crippen LogP contribution is -2.34. The lowest BCUT2D eigenvalue weighted by Gasteiger charge is -2.19. The Morgan fingerprint density at radius 1 is 0.895 bits per heavy atom. The fourth-order valence-electron chi connectivity index (χ4n) is 5.14. The van der Waals surface area contributed by atoms with Crippen molar-refractivity contribution in [1.29, 1.82) is 0 Å². The maximum absolute atomic E-state index is 14.9. The molecule has 6 rings (SSSR count). The maximum atomic E-state index is 14.9. The molecule has 1 aliphatic carbocycles. The molecule has 1 aromatic heterocycles. The number of carbonyl (C=O) groups is 1. The van der Waals surface area contributed by atoms with Crippen LogP contribution in [0.4, 0.5) is 4.39 Å². The molecule has 6 heteroatoms. The minimum absolute atomic E-state index is 0.0357. The molecule has 0 radical (unpaired) electrons. The zero-order valence-corrected chi connectivity index (χ0v) is 21.5. The van der Waals surface area contributed by atoms with E-state index in [1.54, 1.807) is 17.4 Å². The van der Waals surface area contributed by atoms with E-state index in [-0.39, 0.29) is 5.56 Å². The summed E-state index contributed by atoms with van der Waals surface area (Å²) in [6.45, 7) is 1.42. The van der Waals surface area contributed by atoms with Crippen LogP contribution < -0.4 is 10.6 Å². The van der Waals surface area contributed by atoms with Crippen LogP contribution in [0.2, 0.25) is 0 Å². The van der Waals surface area contributed by atoms with Crippen molar-refractivity contribution >= 4 is 27.3 Å². The molecule has 2 atom stereocenters. The van der Waals surface area contributed by atoms with E-state index in [9.17, 15) is 14.3 Å². The molecule has 1 heterocycles. The van der Waals surface area contributed by atoms with Crippen molar-refractivity contribution in [3.63, 3.8) is 0 Å². The monoisotopic (exact) mass is 522 g/mol. The highest BCUT2D eigenvalue weighted by molar-refractivity contribution is 7.19. The molecule has 0 fully saturated rings. The summed E-state index contributed by atoms with van der Waals surface area (Å²) >= 11 is 1.78. The molecular formula is C32H27FN2O2S. The lowest BCUT2D eigenvalue weighted by atomic mass is 10.0. The molecule has 2 unspecified atom stereocenters. The Labute approximate surface area is 224 Å². The van der Waals surface area contributed by atoms with Crippen molar-refractivity contribution in [1.82, 2.24) is 10.6 Å². The first kappa shape index (κ1) is 24.5. The van der Waals surface area contributed by atoms with Crippen LogP contribution in [0.1, 0.15) is 38.0 Å². The number of halogens is 1. The van der Waals surface area contributed by atoms with Crippen LogP contribution in [0.15, 0.2) is 97.1 Å². The van der Waals surface area contributed by atoms with Crippen LogP contribution in [0, 0.1) is 5.82 Å². The molecule has 0 spiro atoms. The number of carbonyl (C=O) groups excluding carboxylic acids is 1. The highest BCUT2D eigenvalue weighted by Crippen LogP contribution is 2.33. The van der Waals surface area contributed by atoms with E-state index < -0.39 is 23.9 Å². The summed E-state index contributed by atoms with van der Waals surface area (Å²) in [7, 11) is 0. The second-order valence-electron chi connectivity index (χ2n) is 9.67. The molecule has 0 aliphatic heterocycles. The minimum atomic E-state index is -0.762. The Morgan fingerprint density at radius 3 is 2.53 bits per heavy atom. The second-order valence-corrected chi connectivity index (χ2v) is 10.8. The van der Waals surface area contributed by atoms with Crippen molar-refractivity contribution in [2.24, 2.45) is 0 Å². The number of fused-ring (bicyclic) bond motifs is 2. The molecular weight excluding hydrogens is 495 g/mol. The van der Waals surface area contributed by atoms with E-state index >= 15 is 0 Å². The third kappa shape index (κ3) is 4.98. The fourth-order valence-corrected chi connectivity index (χ4v) is 6.17. The topological polar surface area (TPSA) is 61.4 Å². The highest BCUT2D eigenvalue weighted by Gasteiger charge is 2.33. The molecule has 1 aliphatic rings. The van der Waals surface area contributed by atoms with Crippen LogP contribution in [-0.4, -0.2) is 17.1 Å². The normalized spacial score (nSPS) is 16.5. The first-order valence-corrected chi connectivity index (χ1v) is 13.5. The van der Waals surface area contributed by atoms with E-state index in [4.69, 9.17) is 0 Å². The largest absolute Gasteiger partial charge is 0.390 e. The number of thiophene rings is 1. The first-order valence-electron chi connectivity index (χ1n) is 12.7. The predicted octanol–water partition coefficient (Wildman–Crippen LogP) is 6.39. The summed E-state index contributed by atoms with van der Waals surface area (Å²) in [6, 6.07) is 30.2. The van der Waals surface area contributed by atoms with Gasteiger partial charge in [-0.05, 0) is 57.5 Å². The molecule has 190 valence electrons. The molecule has 5 aromatic rings.